The SMILES string of the molecule is O=[N+]([O-])c1ccc(C=Cc2cccc(Cl)c2)c([N+](=O)[O-])c1. The number of halogens is 1. The predicted molar refractivity (Wildman–Crippen MR) is 80.1 cm³/mol. The quantitative estimate of drug-likeness (QED) is 0.478. The number of nitro benzene ring substituents is 2. The molecule has 0 atom stereocenters. The van der Waals surface area contributed by atoms with Crippen LogP contribution < -0.4 is 0 Å². The lowest BCUT2D eigenvalue weighted by Crippen LogP contribution is -1.94. The summed E-state index contributed by atoms with van der Waals surface area (Å²) in [6.45, 7) is 0. The van der Waals surface area contributed by atoms with Gasteiger partial charge in [0.2, 0.25) is 0 Å². The van der Waals surface area contributed by atoms with Crippen LogP contribution in [-0.4, -0.2) is 9.85 Å². The lowest BCUT2D eigenvalue weighted by atomic mass is 10.1. The number of nitro groups is 2. The smallest absolute Gasteiger partial charge is 0.258 e. The van der Waals surface area contributed by atoms with E-state index < -0.39 is 9.85 Å². The van der Waals surface area contributed by atoms with E-state index in [1.54, 1.807) is 30.3 Å². The maximum Gasteiger partial charge on any atom is 0.283 e. The molecule has 0 amide bonds. The summed E-state index contributed by atoms with van der Waals surface area (Å²) in [7, 11) is 0. The molecular weight excluding hydrogens is 296 g/mol. The molecule has 0 saturated heterocycles. The van der Waals surface area contributed by atoms with Crippen molar-refractivity contribution in [1.82, 2.24) is 0 Å². The second-order valence-corrected chi connectivity index (χ2v) is 4.58. The van der Waals surface area contributed by atoms with Crippen molar-refractivity contribution in [2.24, 2.45) is 0 Å². The second-order valence-electron chi connectivity index (χ2n) is 4.15. The average Bonchev–Trinajstić information content (AvgIpc) is 2.44. The van der Waals surface area contributed by atoms with E-state index >= 15 is 0 Å². The first-order valence-corrected chi connectivity index (χ1v) is 6.21. The van der Waals surface area contributed by atoms with Gasteiger partial charge in [0.05, 0.1) is 21.5 Å². The molecule has 0 radical (unpaired) electrons. The predicted octanol–water partition coefficient (Wildman–Crippen LogP) is 4.33. The number of rotatable bonds is 4. The Morgan fingerprint density at radius 2 is 1.71 bits per heavy atom. The molecule has 0 aliphatic carbocycles. The zero-order valence-corrected chi connectivity index (χ0v) is 11.4. The third-order valence-electron chi connectivity index (χ3n) is 2.73. The minimum Gasteiger partial charge on any atom is -0.258 e. The molecular formula is C14H9ClN2O4. The highest BCUT2D eigenvalue weighted by molar-refractivity contribution is 6.30. The summed E-state index contributed by atoms with van der Waals surface area (Å²) in [5.41, 5.74) is 0.421. The Labute approximate surface area is 124 Å². The van der Waals surface area contributed by atoms with E-state index in [1.165, 1.54) is 18.2 Å². The molecule has 2 aromatic carbocycles. The van der Waals surface area contributed by atoms with Gasteiger partial charge < -0.3 is 0 Å². The Hall–Kier alpha value is -2.73. The van der Waals surface area contributed by atoms with E-state index in [9.17, 15) is 20.2 Å². The van der Waals surface area contributed by atoms with Gasteiger partial charge >= 0.3 is 0 Å². The molecule has 2 aromatic rings. The monoisotopic (exact) mass is 304 g/mol. The highest BCUT2D eigenvalue weighted by Gasteiger charge is 2.17. The van der Waals surface area contributed by atoms with Crippen LogP contribution in [-0.2, 0) is 0 Å². The van der Waals surface area contributed by atoms with Crippen molar-refractivity contribution in [3.05, 3.63) is 78.8 Å². The molecule has 0 saturated carbocycles. The van der Waals surface area contributed by atoms with Crippen LogP contribution in [0.25, 0.3) is 12.2 Å². The minimum atomic E-state index is -0.669. The molecule has 0 bridgehead atoms. The highest BCUT2D eigenvalue weighted by Crippen LogP contribution is 2.26. The van der Waals surface area contributed by atoms with Crippen molar-refractivity contribution in [3.63, 3.8) is 0 Å². The van der Waals surface area contributed by atoms with Crippen LogP contribution in [0.1, 0.15) is 11.1 Å². The fourth-order valence-corrected chi connectivity index (χ4v) is 1.94. The van der Waals surface area contributed by atoms with Crippen LogP contribution >= 0.6 is 11.6 Å². The fraction of sp³-hybridized carbons (Fsp3) is 0. The van der Waals surface area contributed by atoms with Gasteiger partial charge in [0, 0.05) is 11.1 Å². The van der Waals surface area contributed by atoms with Gasteiger partial charge in [0.15, 0.2) is 0 Å². The summed E-state index contributed by atoms with van der Waals surface area (Å²) in [6.07, 6.45) is 3.17. The Bertz CT molecular complexity index is 744. The average molecular weight is 305 g/mol. The summed E-state index contributed by atoms with van der Waals surface area (Å²) < 4.78 is 0. The summed E-state index contributed by atoms with van der Waals surface area (Å²) in [5, 5.41) is 22.2. The zero-order valence-electron chi connectivity index (χ0n) is 10.6. The van der Waals surface area contributed by atoms with Crippen LogP contribution in [0.4, 0.5) is 11.4 Å². The lowest BCUT2D eigenvalue weighted by molar-refractivity contribution is -0.394. The van der Waals surface area contributed by atoms with E-state index in [1.807, 2.05) is 0 Å². The van der Waals surface area contributed by atoms with Gasteiger partial charge in [0.1, 0.15) is 0 Å². The zero-order chi connectivity index (χ0) is 15.4. The van der Waals surface area contributed by atoms with Gasteiger partial charge in [-0.25, -0.2) is 0 Å². The Balaban J connectivity index is 2.39. The third kappa shape index (κ3) is 3.64. The van der Waals surface area contributed by atoms with Crippen molar-refractivity contribution >= 4 is 35.1 Å². The van der Waals surface area contributed by atoms with Crippen molar-refractivity contribution < 1.29 is 9.85 Å². The molecule has 0 N–H and O–H groups in total. The number of benzene rings is 2. The van der Waals surface area contributed by atoms with Crippen molar-refractivity contribution in [1.29, 1.82) is 0 Å². The number of hydrogen-bond donors (Lipinski definition) is 0. The normalized spacial score (nSPS) is 10.7. The van der Waals surface area contributed by atoms with E-state index in [-0.39, 0.29) is 16.9 Å². The Morgan fingerprint density at radius 3 is 2.33 bits per heavy atom. The molecule has 0 aliphatic rings. The standard InChI is InChI=1S/C14H9ClN2O4/c15-12-3-1-2-10(8-12)4-5-11-6-7-13(16(18)19)9-14(11)17(20)21/h1-9H. The van der Waals surface area contributed by atoms with Gasteiger partial charge in [-0.3, -0.25) is 20.2 Å². The van der Waals surface area contributed by atoms with Gasteiger partial charge in [-0.05, 0) is 29.8 Å². The van der Waals surface area contributed by atoms with E-state index in [0.717, 1.165) is 11.6 Å². The van der Waals surface area contributed by atoms with Crippen LogP contribution in [0.2, 0.25) is 5.02 Å². The van der Waals surface area contributed by atoms with Crippen LogP contribution in [0, 0.1) is 20.2 Å². The largest absolute Gasteiger partial charge is 0.283 e. The molecule has 6 nitrogen and oxygen atoms in total. The van der Waals surface area contributed by atoms with Crippen LogP contribution in [0.15, 0.2) is 42.5 Å². The molecule has 2 rings (SSSR count). The summed E-state index contributed by atoms with van der Waals surface area (Å²) in [4.78, 5) is 20.3. The molecule has 7 heteroatoms. The van der Waals surface area contributed by atoms with Gasteiger partial charge in [0.25, 0.3) is 11.4 Å². The maximum atomic E-state index is 11.0. The first-order valence-electron chi connectivity index (χ1n) is 5.84. The molecule has 0 spiro atoms. The molecule has 0 heterocycles. The topological polar surface area (TPSA) is 86.3 Å². The third-order valence-corrected chi connectivity index (χ3v) is 2.96. The number of hydrogen-bond acceptors (Lipinski definition) is 4. The molecule has 0 unspecified atom stereocenters. The minimum absolute atomic E-state index is 0.283. The van der Waals surface area contributed by atoms with Gasteiger partial charge in [-0.1, -0.05) is 29.8 Å². The van der Waals surface area contributed by atoms with Crippen molar-refractivity contribution in [2.75, 3.05) is 0 Å². The first kappa shape index (κ1) is 14.7. The fourth-order valence-electron chi connectivity index (χ4n) is 1.74. The summed E-state index contributed by atoms with van der Waals surface area (Å²) >= 11 is 5.85. The number of nitrogens with zero attached hydrogens (tertiary/aromatic N) is 2. The lowest BCUT2D eigenvalue weighted by Gasteiger charge is -1.98. The maximum absolute atomic E-state index is 11.0. The first-order chi connectivity index (χ1) is 9.97. The van der Waals surface area contributed by atoms with E-state index in [2.05, 4.69) is 0 Å². The van der Waals surface area contributed by atoms with Gasteiger partial charge in [-0.15, -0.1) is 0 Å². The number of non-ortho nitro benzene ring substituents is 1. The molecule has 0 aliphatic heterocycles. The van der Waals surface area contributed by atoms with Gasteiger partial charge in [-0.2, -0.15) is 0 Å². The molecule has 0 aromatic heterocycles. The summed E-state index contributed by atoms with van der Waals surface area (Å²) in [6, 6.07) is 10.5. The second kappa shape index (κ2) is 6.15. The van der Waals surface area contributed by atoms with Crippen LogP contribution in [0.5, 0.6) is 0 Å². The van der Waals surface area contributed by atoms with E-state index in [0.29, 0.717) is 5.02 Å². The Kier molecular flexibility index (Phi) is 4.30. The van der Waals surface area contributed by atoms with E-state index in [4.69, 9.17) is 11.6 Å². The highest BCUT2D eigenvalue weighted by atomic mass is 35.5. The molecule has 106 valence electrons. The van der Waals surface area contributed by atoms with Crippen LogP contribution in [0.3, 0.4) is 0 Å². The summed E-state index contributed by atoms with van der Waals surface area (Å²) in [5.74, 6) is 0. The molecule has 0 fully saturated rings. The van der Waals surface area contributed by atoms with Crippen molar-refractivity contribution in [2.45, 2.75) is 0 Å². The molecule has 21 heavy (non-hydrogen) atoms. The van der Waals surface area contributed by atoms with Crippen molar-refractivity contribution in [3.8, 4) is 0 Å². The Morgan fingerprint density at radius 1 is 0.952 bits per heavy atom.